The summed E-state index contributed by atoms with van der Waals surface area (Å²) in [5.74, 6) is 0. The molecule has 0 aliphatic rings. The van der Waals surface area contributed by atoms with Gasteiger partial charge in [0.25, 0.3) is 11.1 Å². The van der Waals surface area contributed by atoms with Crippen LogP contribution in [0, 0.1) is 0 Å². The molecule has 2 N–H and O–H groups in total. The molecule has 1 aromatic heterocycles. The Morgan fingerprint density at radius 2 is 1.19 bits per heavy atom. The van der Waals surface area contributed by atoms with E-state index in [1.807, 2.05) is 48.5 Å². The molecule has 47 heavy (non-hydrogen) atoms. The SMILES string of the molecule is CCCCNc1c2c(=O)c3ccccc3c(=O)c2c(NCCCC)c2c(=O)n(C(C)C(C)(C)OC(C)C(C)(C)OCCOC)c(=O)c12. The van der Waals surface area contributed by atoms with Gasteiger partial charge in [0.05, 0.1) is 69.5 Å². The summed E-state index contributed by atoms with van der Waals surface area (Å²) < 4.78 is 18.9. The summed E-state index contributed by atoms with van der Waals surface area (Å²) in [5.41, 5.74) is -2.96. The molecule has 10 nitrogen and oxygen atoms in total. The molecule has 2 atom stereocenters. The Kier molecular flexibility index (Phi) is 11.3. The smallest absolute Gasteiger partial charge is 0.264 e. The van der Waals surface area contributed by atoms with E-state index in [0.29, 0.717) is 26.3 Å². The van der Waals surface area contributed by atoms with Crippen molar-refractivity contribution in [1.82, 2.24) is 4.57 Å². The normalized spacial score (nSPS) is 13.9. The van der Waals surface area contributed by atoms with Crippen LogP contribution in [0.1, 0.15) is 87.1 Å². The highest BCUT2D eigenvalue weighted by Gasteiger charge is 2.39. The zero-order valence-corrected chi connectivity index (χ0v) is 29.4. The van der Waals surface area contributed by atoms with Crippen molar-refractivity contribution in [3.05, 3.63) is 65.4 Å². The molecule has 0 aliphatic heterocycles. The van der Waals surface area contributed by atoms with Crippen LogP contribution < -0.4 is 32.6 Å². The van der Waals surface area contributed by atoms with Crippen LogP contribution in [0.15, 0.2) is 43.4 Å². The molecule has 0 amide bonds. The van der Waals surface area contributed by atoms with Gasteiger partial charge in [-0.2, -0.15) is 0 Å². The number of aromatic nitrogens is 1. The molecule has 10 heteroatoms. The van der Waals surface area contributed by atoms with Gasteiger partial charge >= 0.3 is 0 Å². The van der Waals surface area contributed by atoms with Crippen LogP contribution in [-0.4, -0.2) is 55.3 Å². The lowest BCUT2D eigenvalue weighted by molar-refractivity contribution is -0.180. The Balaban J connectivity index is 2.03. The monoisotopic (exact) mass is 649 g/mol. The highest BCUT2D eigenvalue weighted by molar-refractivity contribution is 6.21. The summed E-state index contributed by atoms with van der Waals surface area (Å²) in [6, 6.07) is 5.99. The number of ether oxygens (including phenoxy) is 3. The van der Waals surface area contributed by atoms with Crippen LogP contribution in [0.5, 0.6) is 0 Å². The van der Waals surface area contributed by atoms with E-state index in [2.05, 4.69) is 10.6 Å². The van der Waals surface area contributed by atoms with E-state index >= 15 is 0 Å². The predicted molar refractivity (Wildman–Crippen MR) is 192 cm³/mol. The van der Waals surface area contributed by atoms with Crippen LogP contribution in [0.4, 0.5) is 11.4 Å². The number of anilines is 2. The standard InChI is InChI=1S/C37H51N3O7/c1-10-12-18-38-30-26-27(33(42)25-17-15-14-16-24(25)32(26)41)31(39-19-13-11-2)29-28(30)34(43)40(35(29)44)22(3)36(5,6)47-23(4)37(7,8)46-21-20-45-9/h14-17,22-23,38-39H,10-13,18-21H2,1-9H3. The molecule has 0 radical (unpaired) electrons. The van der Waals surface area contributed by atoms with E-state index in [4.69, 9.17) is 14.2 Å². The number of fused-ring (bicyclic) bond motifs is 3. The number of rotatable bonds is 17. The fraction of sp³-hybridized carbons (Fsp3) is 0.568. The van der Waals surface area contributed by atoms with Crippen LogP contribution in [0.3, 0.4) is 0 Å². The Morgan fingerprint density at radius 3 is 1.62 bits per heavy atom. The highest BCUT2D eigenvalue weighted by Crippen LogP contribution is 2.37. The second-order valence-electron chi connectivity index (χ2n) is 13.5. The van der Waals surface area contributed by atoms with Crippen molar-refractivity contribution in [3.8, 4) is 0 Å². The van der Waals surface area contributed by atoms with Gasteiger partial charge in [-0.1, -0.05) is 51.0 Å². The largest absolute Gasteiger partial charge is 0.384 e. The summed E-state index contributed by atoms with van der Waals surface area (Å²) in [6.07, 6.45) is 2.86. The molecule has 0 aliphatic carbocycles. The van der Waals surface area contributed by atoms with Crippen LogP contribution in [0.2, 0.25) is 0 Å². The minimum atomic E-state index is -0.998. The molecule has 4 rings (SSSR count). The molecular formula is C37H51N3O7. The third-order valence-corrected chi connectivity index (χ3v) is 9.51. The highest BCUT2D eigenvalue weighted by atomic mass is 16.6. The van der Waals surface area contributed by atoms with Gasteiger partial charge in [-0.3, -0.25) is 23.7 Å². The summed E-state index contributed by atoms with van der Waals surface area (Å²) in [5, 5.41) is 7.70. The predicted octanol–water partition coefficient (Wildman–Crippen LogP) is 5.87. The number of hydrogen-bond donors (Lipinski definition) is 2. The van der Waals surface area contributed by atoms with Crippen molar-refractivity contribution >= 4 is 43.7 Å². The van der Waals surface area contributed by atoms with Gasteiger partial charge in [0, 0.05) is 31.0 Å². The Morgan fingerprint density at radius 1 is 0.723 bits per heavy atom. The molecule has 0 saturated heterocycles. The zero-order valence-electron chi connectivity index (χ0n) is 29.4. The number of unbranched alkanes of at least 4 members (excludes halogenated alkanes) is 2. The maximum atomic E-state index is 14.6. The molecule has 3 aromatic carbocycles. The maximum absolute atomic E-state index is 14.6. The van der Waals surface area contributed by atoms with E-state index in [9.17, 15) is 19.2 Å². The lowest BCUT2D eigenvalue weighted by atomic mass is 9.96. The molecule has 256 valence electrons. The fourth-order valence-electron chi connectivity index (χ4n) is 6.11. The average molecular weight is 650 g/mol. The van der Waals surface area contributed by atoms with Gasteiger partial charge in [0.15, 0.2) is 10.9 Å². The van der Waals surface area contributed by atoms with Crippen molar-refractivity contribution in [2.45, 2.75) is 104 Å². The van der Waals surface area contributed by atoms with Gasteiger partial charge in [0.2, 0.25) is 0 Å². The first-order chi connectivity index (χ1) is 22.2. The number of benzene rings is 3. The molecule has 1 heterocycles. The average Bonchev–Trinajstić information content (AvgIpc) is 3.29. The molecular weight excluding hydrogens is 598 g/mol. The summed E-state index contributed by atoms with van der Waals surface area (Å²) in [6.45, 7) is 17.1. The van der Waals surface area contributed by atoms with Gasteiger partial charge < -0.3 is 24.8 Å². The Bertz CT molecular complexity index is 1820. The second kappa shape index (κ2) is 14.7. The van der Waals surface area contributed by atoms with Gasteiger partial charge in [0.1, 0.15) is 0 Å². The zero-order chi connectivity index (χ0) is 34.7. The quantitative estimate of drug-likeness (QED) is 0.0820. The molecule has 4 aromatic rings. The van der Waals surface area contributed by atoms with Crippen LogP contribution >= 0.6 is 0 Å². The lowest BCUT2D eigenvalue weighted by Gasteiger charge is -2.40. The first-order valence-electron chi connectivity index (χ1n) is 16.8. The van der Waals surface area contributed by atoms with Crippen molar-refractivity contribution < 1.29 is 14.2 Å². The van der Waals surface area contributed by atoms with Crippen LogP contribution in [-0.2, 0) is 14.2 Å². The van der Waals surface area contributed by atoms with E-state index in [1.54, 1.807) is 38.3 Å². The molecule has 0 bridgehead atoms. The molecule has 0 saturated carbocycles. The summed E-state index contributed by atoms with van der Waals surface area (Å²) >= 11 is 0. The number of nitrogens with zero attached hydrogens (tertiary/aromatic N) is 1. The van der Waals surface area contributed by atoms with Gasteiger partial charge in [-0.15, -0.1) is 0 Å². The first-order valence-corrected chi connectivity index (χ1v) is 16.8. The van der Waals surface area contributed by atoms with E-state index in [1.165, 1.54) is 4.57 Å². The number of nitrogens with one attached hydrogen (secondary N) is 2. The van der Waals surface area contributed by atoms with Crippen molar-refractivity contribution in [3.63, 3.8) is 0 Å². The molecule has 0 fully saturated rings. The number of hydrogen-bond acceptors (Lipinski definition) is 9. The van der Waals surface area contributed by atoms with Crippen molar-refractivity contribution in [2.24, 2.45) is 0 Å². The summed E-state index contributed by atoms with van der Waals surface area (Å²) in [7, 11) is 1.61. The Hall–Kier alpha value is -3.60. The third kappa shape index (κ3) is 6.87. The molecule has 2 unspecified atom stereocenters. The third-order valence-electron chi connectivity index (χ3n) is 9.51. The van der Waals surface area contributed by atoms with Crippen LogP contribution in [0.25, 0.3) is 32.3 Å². The van der Waals surface area contributed by atoms with Gasteiger partial charge in [-0.05, 0) is 54.4 Å². The van der Waals surface area contributed by atoms with E-state index < -0.39 is 34.5 Å². The van der Waals surface area contributed by atoms with Crippen molar-refractivity contribution in [1.29, 1.82) is 0 Å². The Labute approximate surface area is 276 Å². The second-order valence-corrected chi connectivity index (χ2v) is 13.5. The topological polar surface area (TPSA) is 125 Å². The lowest BCUT2D eigenvalue weighted by Crippen LogP contribution is -2.49. The maximum Gasteiger partial charge on any atom is 0.264 e. The minimum Gasteiger partial charge on any atom is -0.384 e. The van der Waals surface area contributed by atoms with Crippen molar-refractivity contribution in [2.75, 3.05) is 44.0 Å². The van der Waals surface area contributed by atoms with E-state index in [0.717, 1.165) is 25.7 Å². The molecule has 0 spiro atoms. The first kappa shape index (κ1) is 36.2. The van der Waals surface area contributed by atoms with E-state index in [-0.39, 0.29) is 54.5 Å². The minimum absolute atomic E-state index is 0.114. The summed E-state index contributed by atoms with van der Waals surface area (Å²) in [4.78, 5) is 57.5. The fourth-order valence-corrected chi connectivity index (χ4v) is 6.11. The van der Waals surface area contributed by atoms with Gasteiger partial charge in [-0.25, -0.2) is 0 Å². The number of methoxy groups -OCH3 is 1.